The fourth-order valence-electron chi connectivity index (χ4n) is 0.868. The molecule has 0 saturated heterocycles. The topological polar surface area (TPSA) is 37.3 Å². The molecule has 0 atom stereocenters. The lowest BCUT2D eigenvalue weighted by molar-refractivity contribution is -0.131. The van der Waals surface area contributed by atoms with Crippen LogP contribution in [0.3, 0.4) is 0 Å². The highest BCUT2D eigenvalue weighted by molar-refractivity contribution is 5.80. The maximum absolute atomic E-state index is 10.2. The third-order valence-corrected chi connectivity index (χ3v) is 1.43. The number of allylic oxidation sites excluding steroid dienone is 2. The number of hydrogen-bond acceptors (Lipinski definition) is 1. The average molecular weight is 166 g/mol. The molecule has 12 heavy (non-hydrogen) atoms. The van der Waals surface area contributed by atoms with Gasteiger partial charge >= 0.3 is 5.97 Å². The second-order valence-electron chi connectivity index (χ2n) is 2.63. The fraction of sp³-hybridized carbons (Fsp3) is 0.400. The van der Waals surface area contributed by atoms with E-state index in [9.17, 15) is 4.79 Å². The van der Waals surface area contributed by atoms with E-state index in [1.165, 1.54) is 6.08 Å². The molecular weight excluding hydrogens is 152 g/mol. The minimum atomic E-state index is -0.869. The number of rotatable bonds is 5. The first-order valence-electron chi connectivity index (χ1n) is 3.91. The van der Waals surface area contributed by atoms with Gasteiger partial charge in [-0.05, 0) is 32.3 Å². The van der Waals surface area contributed by atoms with Gasteiger partial charge < -0.3 is 5.11 Å². The van der Waals surface area contributed by atoms with Crippen LogP contribution in [-0.4, -0.2) is 11.1 Å². The van der Waals surface area contributed by atoms with E-state index in [4.69, 9.17) is 5.11 Å². The van der Waals surface area contributed by atoms with Gasteiger partial charge in [-0.1, -0.05) is 12.2 Å². The smallest absolute Gasteiger partial charge is 0.328 e. The Hall–Kier alpha value is -1.27. The summed E-state index contributed by atoms with van der Waals surface area (Å²) in [5.74, 6) is -0.869. The van der Waals surface area contributed by atoms with E-state index in [0.717, 1.165) is 24.8 Å². The van der Waals surface area contributed by atoms with Crippen LogP contribution in [0.4, 0.5) is 0 Å². The van der Waals surface area contributed by atoms with Crippen molar-refractivity contribution in [2.75, 3.05) is 0 Å². The van der Waals surface area contributed by atoms with E-state index in [2.05, 4.69) is 12.3 Å². The number of carboxylic acid groups (broad SMARTS) is 1. The number of carboxylic acids is 1. The maximum Gasteiger partial charge on any atom is 0.328 e. The van der Waals surface area contributed by atoms with Crippen molar-refractivity contribution in [2.45, 2.75) is 26.2 Å². The largest absolute Gasteiger partial charge is 0.478 e. The van der Waals surface area contributed by atoms with Crippen molar-refractivity contribution in [1.29, 1.82) is 0 Å². The highest BCUT2D eigenvalue weighted by Crippen LogP contribution is 2.06. The predicted octanol–water partition coefficient (Wildman–Crippen LogP) is 2.53. The van der Waals surface area contributed by atoms with Gasteiger partial charge in [-0.25, -0.2) is 4.79 Å². The molecule has 0 aliphatic carbocycles. The average Bonchev–Trinajstić information content (AvgIpc) is 1.97. The zero-order valence-corrected chi connectivity index (χ0v) is 7.34. The van der Waals surface area contributed by atoms with Crippen LogP contribution in [0.1, 0.15) is 26.2 Å². The summed E-state index contributed by atoms with van der Waals surface area (Å²) < 4.78 is 0. The molecule has 0 spiro atoms. The molecule has 66 valence electrons. The van der Waals surface area contributed by atoms with Crippen LogP contribution in [0.5, 0.6) is 0 Å². The van der Waals surface area contributed by atoms with Gasteiger partial charge in [-0.2, -0.15) is 0 Å². The zero-order valence-electron chi connectivity index (χ0n) is 7.34. The van der Waals surface area contributed by atoms with E-state index < -0.39 is 5.97 Å². The maximum atomic E-state index is 10.2. The summed E-state index contributed by atoms with van der Waals surface area (Å²) in [5.41, 5.74) is 3.57. The van der Waals surface area contributed by atoms with Crippen molar-refractivity contribution >= 4 is 5.97 Å². The van der Waals surface area contributed by atoms with Crippen LogP contribution in [0, 0.1) is 0 Å². The monoisotopic (exact) mass is 166 g/mol. The van der Waals surface area contributed by atoms with Gasteiger partial charge in [0.2, 0.25) is 0 Å². The van der Waals surface area contributed by atoms with Crippen molar-refractivity contribution in [3.63, 3.8) is 0 Å². The Morgan fingerprint density at radius 1 is 1.67 bits per heavy atom. The highest BCUT2D eigenvalue weighted by atomic mass is 16.4. The number of aliphatic carboxylic acids is 1. The van der Waals surface area contributed by atoms with Crippen molar-refractivity contribution < 1.29 is 9.90 Å². The molecule has 2 nitrogen and oxygen atoms in total. The third-order valence-electron chi connectivity index (χ3n) is 1.43. The molecule has 0 radical (unpaired) electrons. The van der Waals surface area contributed by atoms with E-state index >= 15 is 0 Å². The highest BCUT2D eigenvalue weighted by Gasteiger charge is 1.93. The number of hydrogen-bond donors (Lipinski definition) is 1. The van der Waals surface area contributed by atoms with E-state index in [0.29, 0.717) is 0 Å². The molecule has 0 aliphatic heterocycles. The molecule has 0 heterocycles. The molecule has 0 amide bonds. The summed E-state index contributed by atoms with van der Waals surface area (Å²) >= 11 is 0. The molecule has 2 heteroatoms. The molecule has 1 N–H and O–H groups in total. The molecule has 0 aromatic rings. The molecule has 0 aromatic carbocycles. The Bertz CT molecular complexity index is 220. The lowest BCUT2D eigenvalue weighted by Crippen LogP contribution is -1.89. The second-order valence-corrected chi connectivity index (χ2v) is 2.63. The predicted molar refractivity (Wildman–Crippen MR) is 49.0 cm³/mol. The molecule has 0 aromatic heterocycles. The first kappa shape index (κ1) is 10.7. The van der Waals surface area contributed by atoms with E-state index in [1.54, 1.807) is 0 Å². The van der Waals surface area contributed by atoms with Gasteiger partial charge in [-0.3, -0.25) is 0 Å². The minimum absolute atomic E-state index is 0.824. The second kappa shape index (κ2) is 6.44. The molecule has 0 bridgehead atoms. The Morgan fingerprint density at radius 3 is 2.83 bits per heavy atom. The molecule has 0 fully saturated rings. The molecule has 0 saturated carbocycles. The summed E-state index contributed by atoms with van der Waals surface area (Å²) in [6.45, 7) is 5.26. The standard InChI is InChI=1S/C10H14O2/c1-3-4-5-6-7-9(2)8-10(11)12/h4,8H,1,5-7H2,2H3,(H,11,12)/b9-8+. The molecule has 0 aliphatic rings. The van der Waals surface area contributed by atoms with Crippen molar-refractivity contribution in [1.82, 2.24) is 0 Å². The van der Waals surface area contributed by atoms with Crippen LogP contribution in [-0.2, 0) is 4.79 Å². The van der Waals surface area contributed by atoms with Gasteiger partial charge in [0.15, 0.2) is 0 Å². The molecular formula is C10H14O2. The lowest BCUT2D eigenvalue weighted by Gasteiger charge is -1.95. The summed E-state index contributed by atoms with van der Waals surface area (Å²) in [6.07, 6.45) is 5.79. The number of carbonyl (C=O) groups is 1. The molecule has 0 rings (SSSR count). The van der Waals surface area contributed by atoms with Crippen molar-refractivity contribution in [2.24, 2.45) is 0 Å². The van der Waals surface area contributed by atoms with Gasteiger partial charge in [0.1, 0.15) is 0 Å². The SMILES string of the molecule is C=C=CCCC/C(C)=C/C(=O)O. The van der Waals surface area contributed by atoms with Gasteiger partial charge in [0.05, 0.1) is 0 Å². The first-order valence-corrected chi connectivity index (χ1v) is 3.91. The van der Waals surface area contributed by atoms with Crippen LogP contribution in [0.2, 0.25) is 0 Å². The fourth-order valence-corrected chi connectivity index (χ4v) is 0.868. The third kappa shape index (κ3) is 6.84. The number of unbranched alkanes of at least 4 members (excludes halogenated alkanes) is 1. The van der Waals surface area contributed by atoms with Crippen LogP contribution in [0.25, 0.3) is 0 Å². The van der Waals surface area contributed by atoms with Gasteiger partial charge in [0.25, 0.3) is 0 Å². The quantitative estimate of drug-likeness (QED) is 0.387. The Labute approximate surface area is 72.9 Å². The Balaban J connectivity index is 3.63. The minimum Gasteiger partial charge on any atom is -0.478 e. The van der Waals surface area contributed by atoms with Gasteiger partial charge in [-0.15, -0.1) is 5.73 Å². The van der Waals surface area contributed by atoms with Crippen LogP contribution >= 0.6 is 0 Å². The summed E-state index contributed by atoms with van der Waals surface area (Å²) in [4.78, 5) is 10.2. The van der Waals surface area contributed by atoms with E-state index in [1.807, 2.05) is 13.0 Å². The van der Waals surface area contributed by atoms with Crippen molar-refractivity contribution in [3.8, 4) is 0 Å². The summed E-state index contributed by atoms with van der Waals surface area (Å²) in [5, 5.41) is 8.38. The Kier molecular flexibility index (Phi) is 5.76. The summed E-state index contributed by atoms with van der Waals surface area (Å²) in [7, 11) is 0. The molecule has 0 unspecified atom stereocenters. The normalized spacial score (nSPS) is 10.6. The lowest BCUT2D eigenvalue weighted by atomic mass is 10.1. The van der Waals surface area contributed by atoms with Crippen LogP contribution in [0.15, 0.2) is 30.0 Å². The van der Waals surface area contributed by atoms with Crippen molar-refractivity contribution in [3.05, 3.63) is 30.0 Å². The Morgan fingerprint density at radius 2 is 2.33 bits per heavy atom. The van der Waals surface area contributed by atoms with Gasteiger partial charge in [0, 0.05) is 6.08 Å². The first-order chi connectivity index (χ1) is 5.66. The summed E-state index contributed by atoms with van der Waals surface area (Å²) in [6, 6.07) is 0. The van der Waals surface area contributed by atoms with Crippen LogP contribution < -0.4 is 0 Å². The van der Waals surface area contributed by atoms with E-state index in [-0.39, 0.29) is 0 Å². The zero-order chi connectivity index (χ0) is 9.40.